The number of halogens is 2. The summed E-state index contributed by atoms with van der Waals surface area (Å²) in [6.07, 6.45) is 1.61. The Morgan fingerprint density at radius 3 is 2.58 bits per heavy atom. The molecule has 0 saturated heterocycles. The lowest BCUT2D eigenvalue weighted by Crippen LogP contribution is -2.20. The van der Waals surface area contributed by atoms with E-state index in [4.69, 9.17) is 18.9 Å². The lowest BCUT2D eigenvalue weighted by molar-refractivity contribution is 0.305. The fourth-order valence-electron chi connectivity index (χ4n) is 4.66. The fraction of sp³-hybridized carbons (Fsp3) is 0.121. The Hall–Kier alpha value is -4.41. The van der Waals surface area contributed by atoms with E-state index in [1.165, 1.54) is 4.68 Å². The third kappa shape index (κ3) is 5.80. The molecule has 0 saturated carbocycles. The number of aromatic nitrogens is 2. The molecule has 0 fully saturated rings. The third-order valence-electron chi connectivity index (χ3n) is 6.94. The average molecular weight is 702 g/mol. The number of methoxy groups -OCH3 is 1. The van der Waals surface area contributed by atoms with Crippen LogP contribution in [0.5, 0.6) is 11.5 Å². The molecular formula is C33H26Br2N4O4. The van der Waals surface area contributed by atoms with Gasteiger partial charge in [0.1, 0.15) is 23.7 Å². The van der Waals surface area contributed by atoms with Gasteiger partial charge in [0.15, 0.2) is 5.76 Å². The number of hydrogen-bond donors (Lipinski definition) is 0. The van der Waals surface area contributed by atoms with E-state index in [0.29, 0.717) is 45.9 Å². The van der Waals surface area contributed by atoms with Crippen LogP contribution in [0.2, 0.25) is 0 Å². The Kier molecular flexibility index (Phi) is 8.05. The smallest absolute Gasteiger partial charge is 0.282 e. The van der Waals surface area contributed by atoms with Gasteiger partial charge in [-0.2, -0.15) is 9.78 Å². The summed E-state index contributed by atoms with van der Waals surface area (Å²) in [5, 5.41) is 5.86. The van der Waals surface area contributed by atoms with Crippen LogP contribution in [-0.4, -0.2) is 37.1 Å². The van der Waals surface area contributed by atoms with Gasteiger partial charge in [0, 0.05) is 45.9 Å². The second kappa shape index (κ2) is 12.1. The summed E-state index contributed by atoms with van der Waals surface area (Å²) in [5.74, 6) is 1.93. The van der Waals surface area contributed by atoms with Crippen LogP contribution in [0.4, 0.5) is 5.69 Å². The quantitative estimate of drug-likeness (QED) is 0.150. The van der Waals surface area contributed by atoms with Gasteiger partial charge in [-0.3, -0.25) is 4.79 Å². The van der Waals surface area contributed by atoms with Crippen molar-refractivity contribution in [2.45, 2.75) is 6.61 Å². The summed E-state index contributed by atoms with van der Waals surface area (Å²) in [6, 6.07) is 26.3. The van der Waals surface area contributed by atoms with Crippen LogP contribution in [0, 0.1) is 0 Å². The van der Waals surface area contributed by atoms with E-state index in [-0.39, 0.29) is 11.4 Å². The van der Waals surface area contributed by atoms with Gasteiger partial charge in [0.05, 0.1) is 29.6 Å². The van der Waals surface area contributed by atoms with E-state index in [1.807, 2.05) is 85.7 Å². The molecule has 0 unspecified atom stereocenters. The molecule has 0 aliphatic heterocycles. The number of rotatable bonds is 8. The van der Waals surface area contributed by atoms with Gasteiger partial charge in [-0.25, -0.2) is 4.98 Å². The highest BCUT2D eigenvalue weighted by molar-refractivity contribution is 9.11. The zero-order valence-electron chi connectivity index (χ0n) is 23.5. The molecule has 0 N–H and O–H groups in total. The lowest BCUT2D eigenvalue weighted by Gasteiger charge is -2.16. The van der Waals surface area contributed by atoms with Crippen LogP contribution in [-0.2, 0) is 6.61 Å². The van der Waals surface area contributed by atoms with Crippen molar-refractivity contribution in [2.75, 3.05) is 26.1 Å². The zero-order valence-corrected chi connectivity index (χ0v) is 26.7. The number of nitrogens with zero attached hydrogens (tertiary/aromatic N) is 4. The van der Waals surface area contributed by atoms with Crippen molar-refractivity contribution in [3.8, 4) is 23.1 Å². The molecule has 0 aliphatic rings. The molecule has 0 bridgehead atoms. The topological polar surface area (TPSA) is 82.1 Å². The molecule has 2 heterocycles. The van der Waals surface area contributed by atoms with Crippen LogP contribution >= 0.6 is 31.9 Å². The Morgan fingerprint density at radius 1 is 0.953 bits per heavy atom. The first kappa shape index (κ1) is 28.7. The van der Waals surface area contributed by atoms with Crippen LogP contribution in [0.1, 0.15) is 11.1 Å². The maximum Gasteiger partial charge on any atom is 0.282 e. The van der Waals surface area contributed by atoms with Crippen molar-refractivity contribution < 1.29 is 13.9 Å². The molecule has 0 spiro atoms. The predicted molar refractivity (Wildman–Crippen MR) is 178 cm³/mol. The van der Waals surface area contributed by atoms with Crippen LogP contribution in [0.25, 0.3) is 33.5 Å². The molecule has 8 nitrogen and oxygen atoms in total. The summed E-state index contributed by atoms with van der Waals surface area (Å²) < 4.78 is 21.1. The molecule has 2 aromatic heterocycles. The van der Waals surface area contributed by atoms with Crippen molar-refractivity contribution in [3.05, 3.63) is 115 Å². The normalized spacial score (nSPS) is 11.5. The SMILES string of the molecule is COc1cccc2oc(-c3nc4ccccc4c(=O)n3N=Cc3ccc(N(C)C)cc3OCc3ccc(Br)cc3Br)cc12. The molecule has 0 aliphatic carbocycles. The second-order valence-corrected chi connectivity index (χ2v) is 11.7. The van der Waals surface area contributed by atoms with Crippen molar-refractivity contribution in [3.63, 3.8) is 0 Å². The summed E-state index contributed by atoms with van der Waals surface area (Å²) in [5.41, 5.74) is 3.47. The molecular weight excluding hydrogens is 676 g/mol. The highest BCUT2D eigenvalue weighted by atomic mass is 79.9. The largest absolute Gasteiger partial charge is 0.496 e. The predicted octanol–water partition coefficient (Wildman–Crippen LogP) is 7.87. The van der Waals surface area contributed by atoms with Crippen LogP contribution < -0.4 is 19.9 Å². The van der Waals surface area contributed by atoms with Crippen LogP contribution in [0.3, 0.4) is 0 Å². The summed E-state index contributed by atoms with van der Waals surface area (Å²) in [6.45, 7) is 0.329. The number of furan rings is 1. The first-order valence-corrected chi connectivity index (χ1v) is 14.9. The molecule has 43 heavy (non-hydrogen) atoms. The number of ether oxygens (including phenoxy) is 2. The fourth-order valence-corrected chi connectivity index (χ4v) is 5.82. The Labute approximate surface area is 264 Å². The molecule has 6 rings (SSSR count). The highest BCUT2D eigenvalue weighted by Crippen LogP contribution is 2.33. The minimum Gasteiger partial charge on any atom is -0.496 e. The first-order valence-electron chi connectivity index (χ1n) is 13.3. The number of anilines is 1. The van der Waals surface area contributed by atoms with E-state index in [1.54, 1.807) is 31.5 Å². The van der Waals surface area contributed by atoms with Crippen molar-refractivity contribution >= 4 is 65.6 Å². The van der Waals surface area contributed by atoms with Gasteiger partial charge in [-0.05, 0) is 54.6 Å². The average Bonchev–Trinajstić information content (AvgIpc) is 3.45. The lowest BCUT2D eigenvalue weighted by atomic mass is 10.2. The number of hydrogen-bond acceptors (Lipinski definition) is 7. The van der Waals surface area contributed by atoms with E-state index in [2.05, 4.69) is 37.0 Å². The summed E-state index contributed by atoms with van der Waals surface area (Å²) >= 11 is 7.10. The molecule has 0 atom stereocenters. The van der Waals surface area contributed by atoms with Gasteiger partial charge >= 0.3 is 0 Å². The van der Waals surface area contributed by atoms with Crippen molar-refractivity contribution in [1.29, 1.82) is 0 Å². The summed E-state index contributed by atoms with van der Waals surface area (Å²) in [7, 11) is 5.53. The number of fused-ring (bicyclic) bond motifs is 2. The number of benzene rings is 4. The van der Waals surface area contributed by atoms with Gasteiger partial charge in [0.2, 0.25) is 5.82 Å². The highest BCUT2D eigenvalue weighted by Gasteiger charge is 2.18. The maximum absolute atomic E-state index is 13.8. The van der Waals surface area contributed by atoms with Gasteiger partial charge in [0.25, 0.3) is 5.56 Å². The van der Waals surface area contributed by atoms with Crippen LogP contribution in [0.15, 0.2) is 108 Å². The summed E-state index contributed by atoms with van der Waals surface area (Å²) in [4.78, 5) is 20.6. The van der Waals surface area contributed by atoms with Gasteiger partial charge in [-0.15, -0.1) is 0 Å². The zero-order chi connectivity index (χ0) is 30.1. The minimum absolute atomic E-state index is 0.268. The molecule has 4 aromatic carbocycles. The molecule has 6 aromatic rings. The van der Waals surface area contributed by atoms with Gasteiger partial charge in [-0.1, -0.05) is 56.1 Å². The molecule has 216 valence electrons. The van der Waals surface area contributed by atoms with E-state index in [0.717, 1.165) is 25.6 Å². The van der Waals surface area contributed by atoms with Crippen molar-refractivity contribution in [2.24, 2.45) is 5.10 Å². The molecule has 0 radical (unpaired) electrons. The maximum atomic E-state index is 13.8. The van der Waals surface area contributed by atoms with Crippen molar-refractivity contribution in [1.82, 2.24) is 9.66 Å². The van der Waals surface area contributed by atoms with E-state index >= 15 is 0 Å². The number of para-hydroxylation sites is 1. The van der Waals surface area contributed by atoms with Gasteiger partial charge < -0.3 is 18.8 Å². The minimum atomic E-state index is -0.324. The standard InChI is InChI=1S/C33H26Br2N4O4/c1-38(2)23-14-12-20(30(16-23)42-19-21-11-13-22(34)15-26(21)35)18-36-39-32(37-27-8-5-4-7-24(27)33(39)40)31-17-25-28(41-3)9-6-10-29(25)43-31/h4-18H,19H2,1-3H3. The Balaban J connectivity index is 1.46. The van der Waals surface area contributed by atoms with E-state index in [9.17, 15) is 4.79 Å². The third-order valence-corrected chi connectivity index (χ3v) is 8.17. The molecule has 10 heteroatoms. The first-order chi connectivity index (χ1) is 20.8. The Bertz CT molecular complexity index is 2070. The Morgan fingerprint density at radius 2 is 1.79 bits per heavy atom. The second-order valence-electron chi connectivity index (χ2n) is 9.94. The monoisotopic (exact) mass is 700 g/mol. The van der Waals surface area contributed by atoms with E-state index < -0.39 is 0 Å². The molecule has 0 amide bonds.